The van der Waals surface area contributed by atoms with Crippen molar-refractivity contribution in [2.75, 3.05) is 0 Å². The van der Waals surface area contributed by atoms with Gasteiger partial charge >= 0.3 is 0 Å². The van der Waals surface area contributed by atoms with Crippen LogP contribution in [-0.2, 0) is 12.8 Å². The molecule has 0 radical (unpaired) electrons. The van der Waals surface area contributed by atoms with Crippen LogP contribution in [0.25, 0.3) is 16.9 Å². The first kappa shape index (κ1) is 13.4. The first-order valence-electron chi connectivity index (χ1n) is 7.16. The molecule has 0 atom stereocenters. The highest BCUT2D eigenvalue weighted by Crippen LogP contribution is 2.25. The summed E-state index contributed by atoms with van der Waals surface area (Å²) in [4.78, 5) is 4.73. The number of imidazole rings is 1. The summed E-state index contributed by atoms with van der Waals surface area (Å²) in [6.45, 7) is 4.19. The zero-order chi connectivity index (χ0) is 14.8. The minimum Gasteiger partial charge on any atom is -0.302 e. The lowest BCUT2D eigenvalue weighted by Crippen LogP contribution is -1.93. The van der Waals surface area contributed by atoms with Gasteiger partial charge in [0.2, 0.25) is 0 Å². The summed E-state index contributed by atoms with van der Waals surface area (Å²) < 4.78 is 2.01. The van der Waals surface area contributed by atoms with Crippen LogP contribution in [0.5, 0.6) is 0 Å². The van der Waals surface area contributed by atoms with Crippen LogP contribution in [0.1, 0.15) is 23.7 Å². The summed E-state index contributed by atoms with van der Waals surface area (Å²) in [6.07, 6.45) is 3.37. The van der Waals surface area contributed by atoms with E-state index in [4.69, 9.17) is 10.2 Å². The Bertz CT molecular complexity index is 820. The molecule has 104 valence electrons. The number of benzene rings is 1. The van der Waals surface area contributed by atoms with Gasteiger partial charge in [0.1, 0.15) is 5.65 Å². The van der Waals surface area contributed by atoms with E-state index >= 15 is 0 Å². The van der Waals surface area contributed by atoms with Gasteiger partial charge in [-0.05, 0) is 36.6 Å². The van der Waals surface area contributed by atoms with E-state index in [-0.39, 0.29) is 0 Å². The second kappa shape index (κ2) is 5.41. The van der Waals surface area contributed by atoms with Crippen molar-refractivity contribution < 1.29 is 0 Å². The van der Waals surface area contributed by atoms with Crippen molar-refractivity contribution in [3.8, 4) is 17.3 Å². The van der Waals surface area contributed by atoms with Crippen molar-refractivity contribution in [1.82, 2.24) is 9.38 Å². The number of nitriles is 1. The first-order chi connectivity index (χ1) is 10.2. The van der Waals surface area contributed by atoms with Crippen LogP contribution in [0.4, 0.5) is 0 Å². The van der Waals surface area contributed by atoms with Crippen LogP contribution in [0.3, 0.4) is 0 Å². The van der Waals surface area contributed by atoms with Crippen molar-refractivity contribution in [3.05, 3.63) is 59.4 Å². The molecule has 0 N–H and O–H groups in total. The van der Waals surface area contributed by atoms with Gasteiger partial charge in [0, 0.05) is 11.8 Å². The van der Waals surface area contributed by atoms with Crippen LogP contribution in [-0.4, -0.2) is 9.38 Å². The SMILES string of the molecule is CCc1ccc(-c2nc3cc(C)ccn3c2CC#N)cc1. The molecule has 0 unspecified atom stereocenters. The molecule has 2 aromatic heterocycles. The zero-order valence-electron chi connectivity index (χ0n) is 12.3. The van der Waals surface area contributed by atoms with E-state index < -0.39 is 0 Å². The van der Waals surface area contributed by atoms with Crippen molar-refractivity contribution in [3.63, 3.8) is 0 Å². The van der Waals surface area contributed by atoms with Gasteiger partial charge < -0.3 is 4.40 Å². The second-order valence-corrected chi connectivity index (χ2v) is 5.22. The van der Waals surface area contributed by atoms with Crippen LogP contribution >= 0.6 is 0 Å². The van der Waals surface area contributed by atoms with Gasteiger partial charge in [0.15, 0.2) is 0 Å². The number of hydrogen-bond acceptors (Lipinski definition) is 2. The molecule has 21 heavy (non-hydrogen) atoms. The Labute approximate surface area is 124 Å². The average molecular weight is 275 g/mol. The Balaban J connectivity index is 2.20. The Morgan fingerprint density at radius 2 is 1.95 bits per heavy atom. The maximum Gasteiger partial charge on any atom is 0.137 e. The number of nitrogens with zero attached hydrogens (tertiary/aromatic N) is 3. The standard InChI is InChI=1S/C18H17N3/c1-3-14-4-6-15(7-5-14)18-16(8-10-19)21-11-9-13(2)12-17(21)20-18/h4-7,9,11-12H,3,8H2,1-2H3. The number of rotatable bonds is 3. The number of hydrogen-bond donors (Lipinski definition) is 0. The summed E-state index contributed by atoms with van der Waals surface area (Å²) >= 11 is 0. The smallest absolute Gasteiger partial charge is 0.137 e. The molecular formula is C18H17N3. The van der Waals surface area contributed by atoms with E-state index in [9.17, 15) is 0 Å². The molecule has 0 amide bonds. The van der Waals surface area contributed by atoms with E-state index in [1.807, 2.05) is 29.7 Å². The second-order valence-electron chi connectivity index (χ2n) is 5.22. The molecule has 3 nitrogen and oxygen atoms in total. The molecule has 3 heteroatoms. The molecule has 2 heterocycles. The molecule has 0 bridgehead atoms. The summed E-state index contributed by atoms with van der Waals surface area (Å²) in [6, 6.07) is 14.8. The largest absolute Gasteiger partial charge is 0.302 e. The Morgan fingerprint density at radius 3 is 2.62 bits per heavy atom. The topological polar surface area (TPSA) is 41.1 Å². The highest BCUT2D eigenvalue weighted by atomic mass is 15.0. The van der Waals surface area contributed by atoms with E-state index in [0.29, 0.717) is 6.42 Å². The molecule has 0 saturated heterocycles. The maximum absolute atomic E-state index is 9.11. The van der Waals surface area contributed by atoms with E-state index in [1.54, 1.807) is 0 Å². The third-order valence-electron chi connectivity index (χ3n) is 3.76. The van der Waals surface area contributed by atoms with Gasteiger partial charge in [0.05, 0.1) is 23.9 Å². The predicted molar refractivity (Wildman–Crippen MR) is 84.1 cm³/mol. The third-order valence-corrected chi connectivity index (χ3v) is 3.76. The van der Waals surface area contributed by atoms with Crippen molar-refractivity contribution in [2.24, 2.45) is 0 Å². The van der Waals surface area contributed by atoms with Gasteiger partial charge in [-0.15, -0.1) is 0 Å². The number of aromatic nitrogens is 2. The number of fused-ring (bicyclic) bond motifs is 1. The third kappa shape index (κ3) is 2.41. The summed E-state index contributed by atoms with van der Waals surface area (Å²) in [5, 5.41) is 9.11. The summed E-state index contributed by atoms with van der Waals surface area (Å²) in [5.74, 6) is 0. The lowest BCUT2D eigenvalue weighted by atomic mass is 10.1. The van der Waals surface area contributed by atoms with Gasteiger partial charge in [0.25, 0.3) is 0 Å². The minimum absolute atomic E-state index is 0.356. The van der Waals surface area contributed by atoms with Crippen LogP contribution in [0.15, 0.2) is 42.6 Å². The molecule has 0 aliphatic heterocycles. The van der Waals surface area contributed by atoms with Gasteiger partial charge in [-0.3, -0.25) is 0 Å². The molecule has 3 rings (SSSR count). The van der Waals surface area contributed by atoms with Crippen molar-refractivity contribution in [2.45, 2.75) is 26.7 Å². The van der Waals surface area contributed by atoms with Crippen molar-refractivity contribution in [1.29, 1.82) is 5.26 Å². The highest BCUT2D eigenvalue weighted by Gasteiger charge is 2.13. The molecule has 0 aliphatic carbocycles. The molecule has 0 spiro atoms. The molecule has 0 fully saturated rings. The lowest BCUT2D eigenvalue weighted by Gasteiger charge is -2.03. The fourth-order valence-corrected chi connectivity index (χ4v) is 2.57. The normalized spacial score (nSPS) is 10.7. The highest BCUT2D eigenvalue weighted by molar-refractivity contribution is 5.67. The summed E-state index contributed by atoms with van der Waals surface area (Å²) in [7, 11) is 0. The Kier molecular flexibility index (Phi) is 3.45. The van der Waals surface area contributed by atoms with Crippen LogP contribution in [0.2, 0.25) is 0 Å². The first-order valence-corrected chi connectivity index (χ1v) is 7.16. The quantitative estimate of drug-likeness (QED) is 0.726. The van der Waals surface area contributed by atoms with E-state index in [1.165, 1.54) is 11.1 Å². The Hall–Kier alpha value is -2.60. The molecular weight excluding hydrogens is 258 g/mol. The summed E-state index contributed by atoms with van der Waals surface area (Å²) in [5.41, 5.74) is 6.30. The molecule has 0 saturated carbocycles. The predicted octanol–water partition coefficient (Wildman–Crippen LogP) is 3.94. The molecule has 3 aromatic rings. The fourth-order valence-electron chi connectivity index (χ4n) is 2.57. The van der Waals surface area contributed by atoms with Gasteiger partial charge in [-0.25, -0.2) is 4.98 Å². The van der Waals surface area contributed by atoms with Crippen LogP contribution < -0.4 is 0 Å². The van der Waals surface area contributed by atoms with Crippen molar-refractivity contribution >= 4 is 5.65 Å². The molecule has 0 aliphatic rings. The molecule has 1 aromatic carbocycles. The lowest BCUT2D eigenvalue weighted by molar-refractivity contribution is 1.05. The zero-order valence-corrected chi connectivity index (χ0v) is 12.3. The average Bonchev–Trinajstić information content (AvgIpc) is 2.85. The minimum atomic E-state index is 0.356. The number of aryl methyl sites for hydroxylation is 2. The van der Waals surface area contributed by atoms with Gasteiger partial charge in [-0.2, -0.15) is 5.26 Å². The van der Waals surface area contributed by atoms with E-state index in [2.05, 4.69) is 37.3 Å². The van der Waals surface area contributed by atoms with Gasteiger partial charge in [-0.1, -0.05) is 31.2 Å². The number of pyridine rings is 1. The monoisotopic (exact) mass is 275 g/mol. The van der Waals surface area contributed by atoms with E-state index in [0.717, 1.165) is 29.0 Å². The maximum atomic E-state index is 9.11. The Morgan fingerprint density at radius 1 is 1.19 bits per heavy atom. The van der Waals surface area contributed by atoms with Crippen LogP contribution in [0, 0.1) is 18.3 Å². The fraction of sp³-hybridized carbons (Fsp3) is 0.222.